The van der Waals surface area contributed by atoms with Crippen molar-refractivity contribution in [1.82, 2.24) is 0 Å². The highest BCUT2D eigenvalue weighted by Gasteiger charge is 1.41. The Morgan fingerprint density at radius 2 is 1.50 bits per heavy atom. The molecule has 0 amide bonds. The maximum absolute atomic E-state index is 7.57. The third-order valence-corrected chi connectivity index (χ3v) is 0. The summed E-state index contributed by atoms with van der Waals surface area (Å²) in [5.41, 5.74) is 0. The number of halogens is 2. The molecule has 0 aliphatic carbocycles. The Hall–Kier alpha value is 0.540. The van der Waals surface area contributed by atoms with Gasteiger partial charge in [-0.3, -0.25) is 0 Å². The molecule has 3 heteroatoms. The van der Waals surface area contributed by atoms with E-state index in [-0.39, 0.29) is 11.9 Å². The summed E-state index contributed by atoms with van der Waals surface area (Å²) in [5, 5.41) is 7.76. The van der Waals surface area contributed by atoms with Crippen molar-refractivity contribution < 1.29 is 5.11 Å². The minimum atomic E-state index is 0.194. The van der Waals surface area contributed by atoms with Crippen LogP contribution >= 0.6 is 23.2 Å². The molecule has 0 atom stereocenters. The zero-order valence-electron chi connectivity index (χ0n) is 3.62. The van der Waals surface area contributed by atoms with E-state index < -0.39 is 0 Å². The first-order valence-corrected chi connectivity index (χ1v) is 2.63. The average Bonchev–Trinajstić information content (AvgIpc) is 1.39. The molecule has 0 spiro atoms. The van der Waals surface area contributed by atoms with Crippen molar-refractivity contribution in [2.75, 3.05) is 11.9 Å². The Bertz CT molecular complexity index is 10.8. The van der Waals surface area contributed by atoms with E-state index in [4.69, 9.17) is 28.3 Å². The van der Waals surface area contributed by atoms with E-state index in [9.17, 15) is 0 Å². The highest BCUT2D eigenvalue weighted by atomic mass is 35.5. The Morgan fingerprint density at radius 3 is 1.50 bits per heavy atom. The van der Waals surface area contributed by atoms with E-state index in [0.29, 0.717) is 0 Å². The molecule has 0 aromatic heterocycles. The Labute approximate surface area is 47.9 Å². The molecule has 0 aromatic rings. The topological polar surface area (TPSA) is 20.2 Å². The van der Waals surface area contributed by atoms with Gasteiger partial charge in [0.15, 0.2) is 0 Å². The first-order valence-electron chi connectivity index (χ1n) is 1.56. The Kier molecular flexibility index (Phi) is 28.7. The Morgan fingerprint density at radius 1 is 1.50 bits per heavy atom. The summed E-state index contributed by atoms with van der Waals surface area (Å²) in [6.45, 7) is 1.93. The van der Waals surface area contributed by atoms with Crippen LogP contribution in [0.15, 0.2) is 0 Å². The summed E-state index contributed by atoms with van der Waals surface area (Å²) in [7, 11) is 0. The van der Waals surface area contributed by atoms with E-state index in [1.54, 1.807) is 6.92 Å². The van der Waals surface area contributed by atoms with Gasteiger partial charge in [-0.05, 0) is 6.92 Å². The van der Waals surface area contributed by atoms with E-state index in [0.717, 1.165) is 0 Å². The number of aliphatic hydroxyl groups excluding tert-OH is 1. The molecule has 0 aliphatic rings. The monoisotopic (exact) mass is 130 g/mol. The highest BCUT2D eigenvalue weighted by Crippen LogP contribution is 1.73. The van der Waals surface area contributed by atoms with Gasteiger partial charge in [-0.1, -0.05) is 0 Å². The van der Waals surface area contributed by atoms with Crippen LogP contribution in [0.5, 0.6) is 0 Å². The average molecular weight is 131 g/mol. The predicted octanol–water partition coefficient (Wildman–Crippen LogP) is 1.42. The highest BCUT2D eigenvalue weighted by molar-refractivity contribution is 6.40. The van der Waals surface area contributed by atoms with Crippen molar-refractivity contribution in [1.29, 1.82) is 0 Å². The fourth-order valence-electron chi connectivity index (χ4n) is 0. The second-order valence-corrected chi connectivity index (χ2v) is 1.23. The normalized spacial score (nSPS) is 6.00. The maximum atomic E-state index is 7.57. The number of alkyl halides is 2. The summed E-state index contributed by atoms with van der Waals surface area (Å²) in [6.07, 6.45) is 0. The van der Waals surface area contributed by atoms with E-state index in [2.05, 4.69) is 0 Å². The summed E-state index contributed by atoms with van der Waals surface area (Å²) in [6, 6.07) is 0. The molecule has 0 aliphatic heterocycles. The second kappa shape index (κ2) is 17.7. The fraction of sp³-hybridized carbons (Fsp3) is 1.00. The van der Waals surface area contributed by atoms with Crippen LogP contribution in [-0.2, 0) is 0 Å². The standard InChI is InChI=1S/C2H6O.CH2Cl2/c1-2-3;2-1-3/h3H,2H2,1H3;1H2. The van der Waals surface area contributed by atoms with Gasteiger partial charge in [0.25, 0.3) is 0 Å². The molecule has 1 N–H and O–H groups in total. The lowest BCUT2D eigenvalue weighted by atomic mass is 10.9. The van der Waals surface area contributed by atoms with Crippen LogP contribution in [-0.4, -0.2) is 17.1 Å². The number of rotatable bonds is 0. The molecular weight excluding hydrogens is 123 g/mol. The first-order chi connectivity index (χ1) is 2.83. The molecule has 1 nitrogen and oxygen atoms in total. The summed E-state index contributed by atoms with van der Waals surface area (Å²) >= 11 is 9.53. The number of hydrogen-bond acceptors (Lipinski definition) is 1. The van der Waals surface area contributed by atoms with E-state index in [1.165, 1.54) is 0 Å². The zero-order chi connectivity index (χ0) is 5.41. The van der Waals surface area contributed by atoms with Gasteiger partial charge in [-0.15, -0.1) is 23.2 Å². The predicted molar refractivity (Wildman–Crippen MR) is 29.3 cm³/mol. The molecular formula is C3H8Cl2O. The largest absolute Gasteiger partial charge is 0.397 e. The van der Waals surface area contributed by atoms with Crippen LogP contribution in [0, 0.1) is 0 Å². The summed E-state index contributed by atoms with van der Waals surface area (Å²) in [4.78, 5) is 0. The maximum Gasteiger partial charge on any atom is 0.0967 e. The molecule has 0 fully saturated rings. The minimum absolute atomic E-state index is 0.194. The quantitative estimate of drug-likeness (QED) is 0.493. The fourth-order valence-corrected chi connectivity index (χ4v) is 0. The number of hydrogen-bond donors (Lipinski definition) is 1. The van der Waals surface area contributed by atoms with Crippen LogP contribution in [0.1, 0.15) is 6.92 Å². The van der Waals surface area contributed by atoms with Gasteiger partial charge >= 0.3 is 0 Å². The molecule has 0 unspecified atom stereocenters. The molecule has 0 saturated carbocycles. The van der Waals surface area contributed by atoms with Gasteiger partial charge in [0.2, 0.25) is 0 Å². The van der Waals surface area contributed by atoms with Gasteiger partial charge in [0, 0.05) is 6.61 Å². The first kappa shape index (κ1) is 9.74. The Balaban J connectivity index is 0. The smallest absolute Gasteiger partial charge is 0.0967 e. The van der Waals surface area contributed by atoms with Gasteiger partial charge in [-0.25, -0.2) is 0 Å². The van der Waals surface area contributed by atoms with Crippen molar-refractivity contribution >= 4 is 23.2 Å². The van der Waals surface area contributed by atoms with Crippen molar-refractivity contribution in [3.8, 4) is 0 Å². The van der Waals surface area contributed by atoms with Crippen LogP contribution in [0.4, 0.5) is 0 Å². The molecule has 0 bridgehead atoms. The second-order valence-electron chi connectivity index (χ2n) is 0.417. The SMILES string of the molecule is CCO.ClCCl. The molecule has 0 aromatic carbocycles. The van der Waals surface area contributed by atoms with Crippen LogP contribution < -0.4 is 0 Å². The third-order valence-electron chi connectivity index (χ3n) is 0. The van der Waals surface area contributed by atoms with Gasteiger partial charge in [0.1, 0.15) is 0 Å². The van der Waals surface area contributed by atoms with Crippen LogP contribution in [0.3, 0.4) is 0 Å². The summed E-state index contributed by atoms with van der Waals surface area (Å²) < 4.78 is 0. The molecule has 0 radical (unpaired) electrons. The van der Waals surface area contributed by atoms with Gasteiger partial charge < -0.3 is 5.11 Å². The minimum Gasteiger partial charge on any atom is -0.397 e. The lowest BCUT2D eigenvalue weighted by Crippen LogP contribution is -1.57. The molecule has 6 heavy (non-hydrogen) atoms. The lowest BCUT2D eigenvalue weighted by molar-refractivity contribution is 0.318. The van der Waals surface area contributed by atoms with Crippen molar-refractivity contribution in [3.63, 3.8) is 0 Å². The number of aliphatic hydroxyl groups is 1. The van der Waals surface area contributed by atoms with Crippen molar-refractivity contribution in [3.05, 3.63) is 0 Å². The molecule has 40 valence electrons. The van der Waals surface area contributed by atoms with E-state index in [1.807, 2.05) is 0 Å². The van der Waals surface area contributed by atoms with Crippen LogP contribution in [0.25, 0.3) is 0 Å². The van der Waals surface area contributed by atoms with Crippen LogP contribution in [0.2, 0.25) is 0 Å². The molecule has 0 saturated heterocycles. The summed E-state index contributed by atoms with van der Waals surface area (Å²) in [5.74, 6) is 0. The van der Waals surface area contributed by atoms with Crippen molar-refractivity contribution in [2.45, 2.75) is 6.92 Å². The third kappa shape index (κ3) is 195. The lowest BCUT2D eigenvalue weighted by Gasteiger charge is -1.52. The van der Waals surface area contributed by atoms with Gasteiger partial charge in [-0.2, -0.15) is 0 Å². The zero-order valence-corrected chi connectivity index (χ0v) is 5.13. The van der Waals surface area contributed by atoms with E-state index >= 15 is 0 Å². The molecule has 0 rings (SSSR count). The van der Waals surface area contributed by atoms with Crippen molar-refractivity contribution in [2.24, 2.45) is 0 Å². The molecule has 0 heterocycles. The van der Waals surface area contributed by atoms with Gasteiger partial charge in [0.05, 0.1) is 5.34 Å².